The highest BCUT2D eigenvalue weighted by Crippen LogP contribution is 2.44. The van der Waals surface area contributed by atoms with Gasteiger partial charge in [-0.2, -0.15) is 0 Å². The fraction of sp³-hybridized carbons (Fsp3) is 1.00. The van der Waals surface area contributed by atoms with Crippen LogP contribution < -0.4 is 5.32 Å². The highest BCUT2D eigenvalue weighted by atomic mass is 32.2. The van der Waals surface area contributed by atoms with Crippen LogP contribution in [0.4, 0.5) is 0 Å². The Kier molecular flexibility index (Phi) is 6.69. The summed E-state index contributed by atoms with van der Waals surface area (Å²) in [6.45, 7) is 7.64. The Balaban J connectivity index is 2.82. The summed E-state index contributed by atoms with van der Waals surface area (Å²) in [4.78, 5) is 0. The molecule has 0 aromatic heterocycles. The molecule has 0 saturated heterocycles. The summed E-state index contributed by atoms with van der Waals surface area (Å²) in [5.74, 6) is 0.225. The van der Waals surface area contributed by atoms with Gasteiger partial charge in [-0.05, 0) is 50.5 Å². The van der Waals surface area contributed by atoms with Crippen molar-refractivity contribution in [3.63, 3.8) is 0 Å². The third-order valence-corrected chi connectivity index (χ3v) is 5.89. The molecule has 5 heteroatoms. The molecule has 0 heterocycles. The second kappa shape index (κ2) is 7.42. The van der Waals surface area contributed by atoms with Gasteiger partial charge >= 0.3 is 0 Å². The zero-order valence-electron chi connectivity index (χ0n) is 14.4. The second-order valence-corrected chi connectivity index (χ2v) is 9.62. The zero-order valence-corrected chi connectivity index (χ0v) is 15.2. The molecule has 0 bridgehead atoms. The summed E-state index contributed by atoms with van der Waals surface area (Å²) in [6.07, 6.45) is 7.25. The van der Waals surface area contributed by atoms with Gasteiger partial charge < -0.3 is 10.1 Å². The monoisotopic (exact) mass is 319 g/mol. The molecule has 0 spiro atoms. The number of rotatable bonds is 8. The Labute approximate surface area is 130 Å². The van der Waals surface area contributed by atoms with Crippen LogP contribution in [0, 0.1) is 5.41 Å². The molecule has 0 radical (unpaired) electrons. The first-order chi connectivity index (χ1) is 9.64. The number of hydrogen-bond donors (Lipinski definition) is 1. The van der Waals surface area contributed by atoms with Crippen LogP contribution in [-0.4, -0.2) is 45.7 Å². The molecule has 1 aliphatic rings. The van der Waals surface area contributed by atoms with Crippen molar-refractivity contribution in [3.05, 3.63) is 0 Å². The van der Waals surface area contributed by atoms with Crippen LogP contribution in [0.3, 0.4) is 0 Å². The average Bonchev–Trinajstić information content (AvgIpc) is 2.39. The zero-order chi connectivity index (χ0) is 16.1. The fourth-order valence-corrected chi connectivity index (χ4v) is 3.91. The maximum absolute atomic E-state index is 11.5. The van der Waals surface area contributed by atoms with Gasteiger partial charge in [-0.15, -0.1) is 0 Å². The van der Waals surface area contributed by atoms with Gasteiger partial charge in [0.15, 0.2) is 0 Å². The van der Waals surface area contributed by atoms with E-state index in [1.807, 2.05) is 0 Å². The molecule has 0 amide bonds. The first kappa shape index (κ1) is 18.9. The smallest absolute Gasteiger partial charge is 0.147 e. The molecule has 0 aromatic carbocycles. The summed E-state index contributed by atoms with van der Waals surface area (Å²) >= 11 is 0. The van der Waals surface area contributed by atoms with Gasteiger partial charge in [-0.1, -0.05) is 20.8 Å². The van der Waals surface area contributed by atoms with Crippen LogP contribution in [0.15, 0.2) is 0 Å². The predicted molar refractivity (Wildman–Crippen MR) is 88.4 cm³/mol. The summed E-state index contributed by atoms with van der Waals surface area (Å²) in [5.41, 5.74) is 0.156. The van der Waals surface area contributed by atoms with E-state index in [0.717, 1.165) is 38.6 Å². The highest BCUT2D eigenvalue weighted by Gasteiger charge is 2.44. The van der Waals surface area contributed by atoms with Gasteiger partial charge in [0.2, 0.25) is 0 Å². The summed E-state index contributed by atoms with van der Waals surface area (Å²) in [5, 5.41) is 3.54. The lowest BCUT2D eigenvalue weighted by atomic mass is 9.68. The average molecular weight is 320 g/mol. The number of sulfone groups is 1. The van der Waals surface area contributed by atoms with Crippen molar-refractivity contribution in [1.82, 2.24) is 5.32 Å². The molecular formula is C16H33NO3S. The molecule has 126 valence electrons. The first-order valence-corrected chi connectivity index (χ1v) is 10.2. The van der Waals surface area contributed by atoms with E-state index in [1.165, 1.54) is 6.26 Å². The molecule has 1 N–H and O–H groups in total. The van der Waals surface area contributed by atoms with Gasteiger partial charge in [0.1, 0.15) is 9.84 Å². The molecule has 1 saturated carbocycles. The minimum Gasteiger partial charge on any atom is -0.377 e. The molecule has 1 fully saturated rings. The van der Waals surface area contributed by atoms with Gasteiger partial charge in [-0.25, -0.2) is 8.42 Å². The maximum Gasteiger partial charge on any atom is 0.147 e. The summed E-state index contributed by atoms with van der Waals surface area (Å²) in [6, 6.07) is 0.119. The van der Waals surface area contributed by atoms with Crippen LogP contribution in [0.5, 0.6) is 0 Å². The first-order valence-electron chi connectivity index (χ1n) is 8.10. The minimum atomic E-state index is -2.94. The van der Waals surface area contributed by atoms with Crippen molar-refractivity contribution in [1.29, 1.82) is 0 Å². The second-order valence-electron chi connectivity index (χ2n) is 7.36. The Morgan fingerprint density at radius 2 is 1.76 bits per heavy atom. The van der Waals surface area contributed by atoms with Gasteiger partial charge in [0.05, 0.1) is 11.4 Å². The summed E-state index contributed by atoms with van der Waals surface area (Å²) < 4.78 is 29.0. The molecule has 1 atom stereocenters. The molecule has 0 aliphatic heterocycles. The van der Waals surface area contributed by atoms with Crippen LogP contribution in [-0.2, 0) is 14.6 Å². The normalized spacial score (nSPS) is 22.9. The molecule has 1 unspecified atom stereocenters. The molecule has 4 nitrogen and oxygen atoms in total. The SMILES string of the molecule is CCCNC(CCS(C)(=O)=O)C1(OC)CCC(C)(C)CC1. The van der Waals surface area contributed by atoms with E-state index in [9.17, 15) is 8.42 Å². The fourth-order valence-electron chi connectivity index (χ4n) is 3.25. The third-order valence-electron chi connectivity index (χ3n) is 4.91. The van der Waals surface area contributed by atoms with Crippen LogP contribution in [0.1, 0.15) is 59.3 Å². The largest absolute Gasteiger partial charge is 0.377 e. The predicted octanol–water partition coefficient (Wildman–Crippen LogP) is 2.77. The maximum atomic E-state index is 11.5. The molecule has 1 rings (SSSR count). The van der Waals surface area contributed by atoms with Crippen LogP contribution in [0.2, 0.25) is 0 Å². The molecule has 1 aliphatic carbocycles. The Bertz CT molecular complexity index is 407. The number of ether oxygens (including phenoxy) is 1. The van der Waals surface area contributed by atoms with Crippen LogP contribution >= 0.6 is 0 Å². The topological polar surface area (TPSA) is 55.4 Å². The van der Waals surface area contributed by atoms with Gasteiger partial charge in [-0.3, -0.25) is 0 Å². The number of hydrogen-bond acceptors (Lipinski definition) is 4. The van der Waals surface area contributed by atoms with Gasteiger partial charge in [0, 0.05) is 19.4 Å². The van der Waals surface area contributed by atoms with E-state index in [4.69, 9.17) is 4.74 Å². The van der Waals surface area contributed by atoms with Crippen LogP contribution in [0.25, 0.3) is 0 Å². The lowest BCUT2D eigenvalue weighted by molar-refractivity contribution is -0.0867. The number of nitrogens with one attached hydrogen (secondary N) is 1. The van der Waals surface area contributed by atoms with E-state index in [1.54, 1.807) is 7.11 Å². The minimum absolute atomic E-state index is 0.119. The molecule has 21 heavy (non-hydrogen) atoms. The van der Waals surface area contributed by atoms with Crippen molar-refractivity contribution in [2.75, 3.05) is 25.7 Å². The van der Waals surface area contributed by atoms with E-state index >= 15 is 0 Å². The quantitative estimate of drug-likeness (QED) is 0.747. The van der Waals surface area contributed by atoms with Gasteiger partial charge in [0.25, 0.3) is 0 Å². The van der Waals surface area contributed by atoms with Crippen molar-refractivity contribution >= 4 is 9.84 Å². The van der Waals surface area contributed by atoms with Crippen molar-refractivity contribution in [3.8, 4) is 0 Å². The lowest BCUT2D eigenvalue weighted by Crippen LogP contribution is -2.55. The standard InChI is InChI=1S/C16H33NO3S/c1-6-12-17-14(7-13-21(5,18)19)16(20-4)10-8-15(2,3)9-11-16/h14,17H,6-13H2,1-5H3. The molecular weight excluding hydrogens is 286 g/mol. The van der Waals surface area contributed by atoms with E-state index in [-0.39, 0.29) is 17.4 Å². The number of methoxy groups -OCH3 is 1. The Hall–Kier alpha value is -0.130. The van der Waals surface area contributed by atoms with E-state index in [2.05, 4.69) is 26.1 Å². The highest BCUT2D eigenvalue weighted by molar-refractivity contribution is 7.90. The Morgan fingerprint density at radius 3 is 2.19 bits per heavy atom. The third kappa shape index (κ3) is 5.87. The Morgan fingerprint density at radius 1 is 1.19 bits per heavy atom. The van der Waals surface area contributed by atoms with E-state index < -0.39 is 9.84 Å². The van der Waals surface area contributed by atoms with Crippen molar-refractivity contribution < 1.29 is 13.2 Å². The van der Waals surface area contributed by atoms with Crippen molar-refractivity contribution in [2.24, 2.45) is 5.41 Å². The molecule has 0 aromatic rings. The lowest BCUT2D eigenvalue weighted by Gasteiger charge is -2.47. The van der Waals surface area contributed by atoms with E-state index in [0.29, 0.717) is 11.8 Å². The summed E-state index contributed by atoms with van der Waals surface area (Å²) in [7, 11) is -1.16. The van der Waals surface area contributed by atoms with Crippen molar-refractivity contribution in [2.45, 2.75) is 70.9 Å².